The number of amides is 3. The predicted octanol–water partition coefficient (Wildman–Crippen LogP) is 1.57. The lowest BCUT2D eigenvalue weighted by atomic mass is 10.0. The van der Waals surface area contributed by atoms with E-state index in [1.165, 1.54) is 18.2 Å². The summed E-state index contributed by atoms with van der Waals surface area (Å²) in [6, 6.07) is 7.42. The zero-order valence-electron chi connectivity index (χ0n) is 17.6. The number of aliphatic hydroxyl groups is 1. The Balaban J connectivity index is 1.54. The van der Waals surface area contributed by atoms with Gasteiger partial charge in [0.05, 0.1) is 7.98 Å². The molecule has 31 heavy (non-hydrogen) atoms. The largest absolute Gasteiger partial charge is 0.491 e. The van der Waals surface area contributed by atoms with Gasteiger partial charge >= 0.3 is 0 Å². The molecule has 2 heterocycles. The van der Waals surface area contributed by atoms with Gasteiger partial charge in [-0.1, -0.05) is 6.07 Å². The molecule has 2 aliphatic rings. The van der Waals surface area contributed by atoms with Gasteiger partial charge in [-0.25, -0.2) is 4.39 Å². The molecule has 4 rings (SSSR count). The summed E-state index contributed by atoms with van der Waals surface area (Å²) in [5, 5.41) is 14.1. The van der Waals surface area contributed by atoms with E-state index in [9.17, 15) is 18.8 Å². The van der Waals surface area contributed by atoms with Crippen LogP contribution in [0.3, 0.4) is 0 Å². The molecule has 0 bridgehead atoms. The van der Waals surface area contributed by atoms with Crippen molar-refractivity contribution in [3.05, 3.63) is 58.9 Å². The van der Waals surface area contributed by atoms with Gasteiger partial charge in [0.25, 0.3) is 5.91 Å². The summed E-state index contributed by atoms with van der Waals surface area (Å²) in [4.78, 5) is 38.0. The maximum absolute atomic E-state index is 14.3. The molecule has 162 valence electrons. The summed E-state index contributed by atoms with van der Waals surface area (Å²) in [5.41, 5.74) is 1.87. The number of piperidine rings is 1. The predicted molar refractivity (Wildman–Crippen MR) is 109 cm³/mol. The lowest BCUT2D eigenvalue weighted by Gasteiger charge is -2.29. The molecule has 2 aromatic rings. The number of fused-ring (bicyclic) bond motifs is 1. The number of benzene rings is 2. The molecular weight excluding hydrogens is 405 g/mol. The second kappa shape index (κ2) is 8.73. The van der Waals surface area contributed by atoms with Crippen molar-refractivity contribution in [2.45, 2.75) is 31.9 Å². The molecule has 3 amide bonds. The monoisotopic (exact) mass is 428 g/mol. The first-order valence-electron chi connectivity index (χ1n) is 10.4. The van der Waals surface area contributed by atoms with E-state index in [2.05, 4.69) is 10.6 Å². The number of nitrogens with one attached hydrogen (secondary N) is 2. The van der Waals surface area contributed by atoms with Crippen molar-refractivity contribution in [3.63, 3.8) is 0 Å². The van der Waals surface area contributed by atoms with Gasteiger partial charge in [-0.15, -0.1) is 0 Å². The second-order valence-electron chi connectivity index (χ2n) is 7.23. The Morgan fingerprint density at radius 1 is 1.29 bits per heavy atom. The normalized spacial score (nSPS) is 20.9. The fraction of sp³-hybridized carbons (Fsp3) is 0.318. The van der Waals surface area contributed by atoms with Crippen molar-refractivity contribution in [1.29, 1.82) is 0 Å². The number of carbonyl (C=O) groups excluding carboxylic acids is 3. The van der Waals surface area contributed by atoms with E-state index in [0.29, 0.717) is 28.1 Å². The summed E-state index contributed by atoms with van der Waals surface area (Å²) in [7, 11) is 0. The van der Waals surface area contributed by atoms with Crippen LogP contribution in [0, 0.1) is 5.82 Å². The van der Waals surface area contributed by atoms with Crippen LogP contribution in [0.15, 0.2) is 36.4 Å². The SMILES string of the molecule is [2H][C@]1(N2Cc3c(NCc4cc(OCCO)ccc4F)cccc3C2=O)CCC(=O)NC1=O. The lowest BCUT2D eigenvalue weighted by Crippen LogP contribution is -2.52. The fourth-order valence-electron chi connectivity index (χ4n) is 3.71. The molecule has 0 saturated carbocycles. The summed E-state index contributed by atoms with van der Waals surface area (Å²) >= 11 is 0. The number of anilines is 1. The van der Waals surface area contributed by atoms with E-state index in [4.69, 9.17) is 11.2 Å². The molecule has 9 heteroatoms. The molecule has 1 saturated heterocycles. The number of hydrogen-bond acceptors (Lipinski definition) is 6. The molecule has 3 N–H and O–H groups in total. The Morgan fingerprint density at radius 2 is 2.13 bits per heavy atom. The number of carbonyl (C=O) groups is 3. The third-order valence-corrected chi connectivity index (χ3v) is 5.24. The summed E-state index contributed by atoms with van der Waals surface area (Å²) in [5.74, 6) is -1.75. The number of halogens is 1. The van der Waals surface area contributed by atoms with Crippen LogP contribution in [-0.2, 0) is 22.7 Å². The average molecular weight is 428 g/mol. The van der Waals surface area contributed by atoms with Crippen LogP contribution in [0.1, 0.15) is 35.7 Å². The zero-order valence-corrected chi connectivity index (χ0v) is 16.6. The molecule has 0 radical (unpaired) electrons. The molecule has 2 aliphatic heterocycles. The molecule has 8 nitrogen and oxygen atoms in total. The van der Waals surface area contributed by atoms with E-state index in [1.807, 2.05) is 0 Å². The summed E-state index contributed by atoms with van der Waals surface area (Å²) < 4.78 is 28.2. The molecular formula is C22H22FN3O5. The van der Waals surface area contributed by atoms with E-state index < -0.39 is 29.6 Å². The molecule has 1 atom stereocenters. The second-order valence-corrected chi connectivity index (χ2v) is 7.23. The van der Waals surface area contributed by atoms with Crippen molar-refractivity contribution in [1.82, 2.24) is 10.2 Å². The van der Waals surface area contributed by atoms with Crippen LogP contribution in [0.5, 0.6) is 5.75 Å². The van der Waals surface area contributed by atoms with Gasteiger partial charge in [0.2, 0.25) is 11.8 Å². The standard InChI is InChI=1S/C22H22FN3O5/c23-17-5-4-14(31-9-8-27)10-13(17)11-24-18-3-1-2-15-16(18)12-26(22(15)30)19-6-7-20(28)25-21(19)29/h1-5,10,19,24,27H,6-9,11-12H2,(H,25,28,29)/t19-/m0/s1/i19D. The van der Waals surface area contributed by atoms with Crippen LogP contribution in [0.4, 0.5) is 10.1 Å². The Bertz CT molecular complexity index is 1100. The Labute approximate surface area is 179 Å². The molecule has 0 aliphatic carbocycles. The van der Waals surface area contributed by atoms with Gasteiger partial charge in [0, 0.05) is 41.9 Å². The van der Waals surface area contributed by atoms with Crippen molar-refractivity contribution in [2.75, 3.05) is 18.5 Å². The minimum atomic E-state index is -1.87. The Morgan fingerprint density at radius 3 is 2.90 bits per heavy atom. The average Bonchev–Trinajstić information content (AvgIpc) is 3.13. The van der Waals surface area contributed by atoms with Gasteiger partial charge in [-0.2, -0.15) is 0 Å². The van der Waals surface area contributed by atoms with Crippen molar-refractivity contribution in [2.24, 2.45) is 0 Å². The van der Waals surface area contributed by atoms with Gasteiger partial charge in [-0.05, 0) is 36.8 Å². The van der Waals surface area contributed by atoms with Crippen LogP contribution in [0.25, 0.3) is 0 Å². The van der Waals surface area contributed by atoms with Crippen LogP contribution >= 0.6 is 0 Å². The molecule has 0 spiro atoms. The van der Waals surface area contributed by atoms with E-state index in [0.717, 1.165) is 4.90 Å². The first kappa shape index (κ1) is 19.5. The van der Waals surface area contributed by atoms with Crippen molar-refractivity contribution < 1.29 is 30.0 Å². The number of rotatable bonds is 7. The zero-order chi connectivity index (χ0) is 22.9. The first-order chi connectivity index (χ1) is 15.3. The van der Waals surface area contributed by atoms with Gasteiger partial charge < -0.3 is 20.1 Å². The third-order valence-electron chi connectivity index (χ3n) is 5.24. The first-order valence-corrected chi connectivity index (χ1v) is 9.87. The summed E-state index contributed by atoms with van der Waals surface area (Å²) in [6.45, 7) is 0.0599. The molecule has 1 fully saturated rings. The smallest absolute Gasteiger partial charge is 0.255 e. The van der Waals surface area contributed by atoms with Gasteiger partial charge in [-0.3, -0.25) is 19.7 Å². The number of hydrogen-bond donors (Lipinski definition) is 3. The molecule has 0 aromatic heterocycles. The Hall–Kier alpha value is -3.46. The molecule has 2 aromatic carbocycles. The van der Waals surface area contributed by atoms with Gasteiger partial charge in [0.15, 0.2) is 0 Å². The van der Waals surface area contributed by atoms with Crippen LogP contribution < -0.4 is 15.4 Å². The van der Waals surface area contributed by atoms with Crippen LogP contribution in [-0.4, -0.2) is 47.0 Å². The maximum atomic E-state index is 14.3. The Kier molecular flexibility index (Phi) is 5.49. The molecule has 0 unspecified atom stereocenters. The number of aliphatic hydroxyl groups excluding tert-OH is 1. The minimum absolute atomic E-state index is 0.0184. The number of imide groups is 1. The summed E-state index contributed by atoms with van der Waals surface area (Å²) in [6.07, 6.45) is -0.0968. The maximum Gasteiger partial charge on any atom is 0.255 e. The van der Waals surface area contributed by atoms with E-state index in [1.54, 1.807) is 18.2 Å². The van der Waals surface area contributed by atoms with E-state index in [-0.39, 0.29) is 39.1 Å². The van der Waals surface area contributed by atoms with Crippen LogP contribution in [0.2, 0.25) is 0 Å². The van der Waals surface area contributed by atoms with Crippen molar-refractivity contribution >= 4 is 23.4 Å². The topological polar surface area (TPSA) is 108 Å². The van der Waals surface area contributed by atoms with Gasteiger partial charge in [0.1, 0.15) is 24.2 Å². The highest BCUT2D eigenvalue weighted by atomic mass is 19.1. The third kappa shape index (κ3) is 4.22. The minimum Gasteiger partial charge on any atom is -0.491 e. The number of nitrogens with zero attached hydrogens (tertiary/aromatic N) is 1. The highest BCUT2D eigenvalue weighted by Gasteiger charge is 2.39. The van der Waals surface area contributed by atoms with E-state index >= 15 is 0 Å². The highest BCUT2D eigenvalue weighted by molar-refractivity contribution is 6.06. The highest BCUT2D eigenvalue weighted by Crippen LogP contribution is 2.32. The van der Waals surface area contributed by atoms with Crippen molar-refractivity contribution in [3.8, 4) is 5.75 Å². The quantitative estimate of drug-likeness (QED) is 0.578. The number of ether oxygens (including phenoxy) is 1. The fourth-order valence-corrected chi connectivity index (χ4v) is 3.71. The lowest BCUT2D eigenvalue weighted by molar-refractivity contribution is -0.136.